The van der Waals surface area contributed by atoms with E-state index in [9.17, 15) is 14.0 Å². The van der Waals surface area contributed by atoms with Crippen molar-refractivity contribution in [3.8, 4) is 5.75 Å². The fourth-order valence-electron chi connectivity index (χ4n) is 2.16. The predicted octanol–water partition coefficient (Wildman–Crippen LogP) is 2.59. The summed E-state index contributed by atoms with van der Waals surface area (Å²) in [5, 5.41) is 4.55. The number of ether oxygens (including phenoxy) is 1. The molecule has 5 nitrogen and oxygen atoms in total. The van der Waals surface area contributed by atoms with Crippen LogP contribution in [-0.4, -0.2) is 11.9 Å². The average Bonchev–Trinajstić information content (AvgIpc) is 2.84. The highest BCUT2D eigenvalue weighted by molar-refractivity contribution is 6.14. The van der Waals surface area contributed by atoms with E-state index in [1.54, 1.807) is 36.4 Å². The fraction of sp³-hybridized carbons (Fsp3) is 0.0588. The van der Waals surface area contributed by atoms with Crippen LogP contribution in [0.3, 0.4) is 0 Å². The highest BCUT2D eigenvalue weighted by Crippen LogP contribution is 2.22. The molecule has 23 heavy (non-hydrogen) atoms. The van der Waals surface area contributed by atoms with Crippen molar-refractivity contribution in [2.75, 3.05) is 0 Å². The minimum absolute atomic E-state index is 0.150. The van der Waals surface area contributed by atoms with Gasteiger partial charge in [-0.2, -0.15) is 0 Å². The Morgan fingerprint density at radius 3 is 2.61 bits per heavy atom. The maximum absolute atomic E-state index is 13.2. The van der Waals surface area contributed by atoms with E-state index in [2.05, 4.69) is 10.6 Å². The number of amides is 3. The summed E-state index contributed by atoms with van der Waals surface area (Å²) in [5.41, 5.74) is 1.48. The van der Waals surface area contributed by atoms with Crippen molar-refractivity contribution < 1.29 is 18.7 Å². The van der Waals surface area contributed by atoms with Gasteiger partial charge in [0.05, 0.1) is 0 Å². The van der Waals surface area contributed by atoms with Crippen LogP contribution in [-0.2, 0) is 11.4 Å². The molecule has 2 aromatic rings. The van der Waals surface area contributed by atoms with Gasteiger partial charge < -0.3 is 10.1 Å². The third-order valence-corrected chi connectivity index (χ3v) is 3.22. The van der Waals surface area contributed by atoms with E-state index in [1.807, 2.05) is 0 Å². The van der Waals surface area contributed by atoms with Crippen molar-refractivity contribution in [3.63, 3.8) is 0 Å². The van der Waals surface area contributed by atoms with Crippen molar-refractivity contribution in [1.29, 1.82) is 0 Å². The molecule has 1 fully saturated rings. The van der Waals surface area contributed by atoms with Gasteiger partial charge in [-0.3, -0.25) is 10.1 Å². The largest absolute Gasteiger partial charge is 0.488 e. The number of carbonyl (C=O) groups is 2. The second-order valence-electron chi connectivity index (χ2n) is 4.92. The standard InChI is InChI=1S/C17H13FN2O3/c18-13-6-3-4-11(8-13)10-23-15-7-2-1-5-12(15)9-14-16(21)20-17(22)19-14/h1-9H,10H2,(H2,19,20,21,22). The molecule has 0 spiro atoms. The van der Waals surface area contributed by atoms with E-state index in [4.69, 9.17) is 4.74 Å². The van der Waals surface area contributed by atoms with E-state index in [1.165, 1.54) is 18.2 Å². The van der Waals surface area contributed by atoms with Gasteiger partial charge in [-0.15, -0.1) is 0 Å². The molecule has 3 rings (SSSR count). The first-order valence-corrected chi connectivity index (χ1v) is 6.92. The first-order valence-electron chi connectivity index (χ1n) is 6.92. The van der Waals surface area contributed by atoms with Gasteiger partial charge >= 0.3 is 6.03 Å². The summed E-state index contributed by atoms with van der Waals surface area (Å²) >= 11 is 0. The number of carbonyl (C=O) groups excluding carboxylic acids is 2. The highest BCUT2D eigenvalue weighted by Gasteiger charge is 2.23. The summed E-state index contributed by atoms with van der Waals surface area (Å²) < 4.78 is 18.9. The van der Waals surface area contributed by atoms with Gasteiger partial charge in [0, 0.05) is 5.56 Å². The average molecular weight is 312 g/mol. The number of rotatable bonds is 4. The molecule has 2 aromatic carbocycles. The van der Waals surface area contributed by atoms with Gasteiger partial charge in [-0.05, 0) is 29.8 Å². The van der Waals surface area contributed by atoms with Crippen molar-refractivity contribution in [3.05, 3.63) is 71.2 Å². The summed E-state index contributed by atoms with van der Waals surface area (Å²) in [4.78, 5) is 22.7. The van der Waals surface area contributed by atoms with E-state index in [0.717, 1.165) is 0 Å². The summed E-state index contributed by atoms with van der Waals surface area (Å²) in [6, 6.07) is 12.6. The Bertz CT molecular complexity index is 802. The quantitative estimate of drug-likeness (QED) is 0.673. The molecule has 6 heteroatoms. The fourth-order valence-corrected chi connectivity index (χ4v) is 2.16. The van der Waals surface area contributed by atoms with Crippen molar-refractivity contribution in [2.45, 2.75) is 6.61 Å². The molecule has 1 saturated heterocycles. The van der Waals surface area contributed by atoms with Gasteiger partial charge in [0.2, 0.25) is 0 Å². The maximum atomic E-state index is 13.2. The Morgan fingerprint density at radius 2 is 1.87 bits per heavy atom. The first-order chi connectivity index (χ1) is 11.1. The highest BCUT2D eigenvalue weighted by atomic mass is 19.1. The molecule has 1 aliphatic heterocycles. The second kappa shape index (κ2) is 6.31. The zero-order valence-corrected chi connectivity index (χ0v) is 12.0. The van der Waals surface area contributed by atoms with Crippen LogP contribution in [0.1, 0.15) is 11.1 Å². The Hall–Kier alpha value is -3.15. The molecule has 0 atom stereocenters. The summed E-state index contributed by atoms with van der Waals surface area (Å²) in [7, 11) is 0. The minimum atomic E-state index is -0.556. The Balaban J connectivity index is 1.80. The predicted molar refractivity (Wildman–Crippen MR) is 81.8 cm³/mol. The molecular formula is C17H13FN2O3. The Kier molecular flexibility index (Phi) is 4.05. The minimum Gasteiger partial charge on any atom is -0.488 e. The third kappa shape index (κ3) is 3.55. The van der Waals surface area contributed by atoms with E-state index < -0.39 is 11.9 Å². The molecule has 116 valence electrons. The Labute approximate surface area is 131 Å². The number of para-hydroxylation sites is 1. The lowest BCUT2D eigenvalue weighted by Crippen LogP contribution is -2.22. The molecule has 0 aliphatic carbocycles. The van der Waals surface area contributed by atoms with Gasteiger partial charge in [-0.25, -0.2) is 9.18 Å². The van der Waals surface area contributed by atoms with E-state index in [-0.39, 0.29) is 18.1 Å². The number of nitrogens with one attached hydrogen (secondary N) is 2. The van der Waals surface area contributed by atoms with Crippen molar-refractivity contribution in [2.24, 2.45) is 0 Å². The number of benzene rings is 2. The molecule has 1 heterocycles. The lowest BCUT2D eigenvalue weighted by Gasteiger charge is -2.09. The van der Waals surface area contributed by atoms with E-state index >= 15 is 0 Å². The molecular weight excluding hydrogens is 299 g/mol. The van der Waals surface area contributed by atoms with Crippen LogP contribution >= 0.6 is 0 Å². The zero-order chi connectivity index (χ0) is 16.2. The van der Waals surface area contributed by atoms with E-state index in [0.29, 0.717) is 16.9 Å². The second-order valence-corrected chi connectivity index (χ2v) is 4.92. The topological polar surface area (TPSA) is 67.4 Å². The van der Waals surface area contributed by atoms with Crippen molar-refractivity contribution in [1.82, 2.24) is 10.6 Å². The van der Waals surface area contributed by atoms with Crippen LogP contribution in [0.4, 0.5) is 9.18 Å². The number of urea groups is 1. The molecule has 3 amide bonds. The van der Waals surface area contributed by atoms with Gasteiger partial charge in [0.15, 0.2) is 0 Å². The molecule has 0 bridgehead atoms. The monoisotopic (exact) mass is 312 g/mol. The molecule has 0 aromatic heterocycles. The lowest BCUT2D eigenvalue weighted by atomic mass is 10.1. The first kappa shape index (κ1) is 14.8. The number of halogens is 1. The van der Waals surface area contributed by atoms with Crippen LogP contribution in [0.15, 0.2) is 54.2 Å². The maximum Gasteiger partial charge on any atom is 0.326 e. The van der Waals surface area contributed by atoms with Gasteiger partial charge in [0.1, 0.15) is 23.9 Å². The van der Waals surface area contributed by atoms with Crippen molar-refractivity contribution >= 4 is 18.0 Å². The molecule has 0 radical (unpaired) electrons. The molecule has 0 unspecified atom stereocenters. The Morgan fingerprint density at radius 1 is 1.04 bits per heavy atom. The smallest absolute Gasteiger partial charge is 0.326 e. The van der Waals surface area contributed by atoms with Crippen LogP contribution in [0, 0.1) is 5.82 Å². The van der Waals surface area contributed by atoms with Crippen LogP contribution in [0.25, 0.3) is 6.08 Å². The van der Waals surface area contributed by atoms with Crippen LogP contribution < -0.4 is 15.4 Å². The number of imide groups is 1. The molecule has 2 N–H and O–H groups in total. The normalized spacial score (nSPS) is 15.4. The lowest BCUT2D eigenvalue weighted by molar-refractivity contribution is -0.115. The van der Waals surface area contributed by atoms with Gasteiger partial charge in [0.25, 0.3) is 5.91 Å². The number of hydrogen-bond acceptors (Lipinski definition) is 3. The summed E-state index contributed by atoms with van der Waals surface area (Å²) in [6.45, 7) is 0.191. The summed E-state index contributed by atoms with van der Waals surface area (Å²) in [6.07, 6.45) is 1.53. The van der Waals surface area contributed by atoms with Crippen LogP contribution in [0.2, 0.25) is 0 Å². The molecule has 0 saturated carbocycles. The molecule has 1 aliphatic rings. The van der Waals surface area contributed by atoms with Crippen LogP contribution in [0.5, 0.6) is 5.75 Å². The zero-order valence-electron chi connectivity index (χ0n) is 12.0. The number of hydrogen-bond donors (Lipinski definition) is 2. The SMILES string of the molecule is O=C1NC(=O)C(=Cc2ccccc2OCc2cccc(F)c2)N1. The van der Waals surface area contributed by atoms with Gasteiger partial charge in [-0.1, -0.05) is 30.3 Å². The summed E-state index contributed by atoms with van der Waals surface area (Å²) in [5.74, 6) is -0.292. The third-order valence-electron chi connectivity index (χ3n) is 3.22.